The average molecular weight is 179 g/mol. The number of thioether (sulfide) groups is 1. The minimum atomic E-state index is 0.703. The molecule has 0 unspecified atom stereocenters. The van der Waals surface area contributed by atoms with Crippen LogP contribution in [0, 0.1) is 11.5 Å². The molecule has 0 aromatic carbocycles. The Morgan fingerprint density at radius 3 is 3.17 bits per heavy atom. The Kier molecular flexibility index (Phi) is 3.42. The van der Waals surface area contributed by atoms with E-state index in [9.17, 15) is 0 Å². The molecule has 12 heavy (non-hydrogen) atoms. The number of hydrogen-bond donors (Lipinski definition) is 0. The fraction of sp³-hybridized carbons (Fsp3) is 0.250. The molecule has 0 saturated carbocycles. The summed E-state index contributed by atoms with van der Waals surface area (Å²) >= 11 is 1.69. The van der Waals surface area contributed by atoms with Crippen molar-refractivity contribution in [2.24, 2.45) is 4.99 Å². The van der Waals surface area contributed by atoms with Gasteiger partial charge < -0.3 is 4.57 Å². The Morgan fingerprint density at radius 2 is 2.50 bits per heavy atom. The number of pyridine rings is 1. The van der Waals surface area contributed by atoms with Crippen LogP contribution in [0.2, 0.25) is 0 Å². The van der Waals surface area contributed by atoms with Crippen LogP contribution in [0.4, 0.5) is 0 Å². The largest absolute Gasteiger partial charge is 0.323 e. The summed E-state index contributed by atoms with van der Waals surface area (Å²) in [7, 11) is 0. The standard InChI is InChI=1S/C8H9N3S/c1-12-7-11-5-3-2-4-8(11)10-6-9/h2-5H,7H2,1H3. The van der Waals surface area contributed by atoms with Gasteiger partial charge in [-0.25, -0.2) is 0 Å². The zero-order chi connectivity index (χ0) is 8.81. The minimum absolute atomic E-state index is 0.703. The lowest BCUT2D eigenvalue weighted by Gasteiger charge is -2.02. The van der Waals surface area contributed by atoms with Gasteiger partial charge in [0.15, 0.2) is 0 Å². The van der Waals surface area contributed by atoms with Crippen molar-refractivity contribution >= 4 is 11.8 Å². The van der Waals surface area contributed by atoms with Crippen molar-refractivity contribution in [3.8, 4) is 6.19 Å². The van der Waals surface area contributed by atoms with Gasteiger partial charge >= 0.3 is 0 Å². The topological polar surface area (TPSA) is 41.1 Å². The van der Waals surface area contributed by atoms with Gasteiger partial charge in [-0.05, 0) is 18.4 Å². The molecule has 0 radical (unpaired) electrons. The fourth-order valence-corrected chi connectivity index (χ4v) is 1.36. The first-order valence-corrected chi connectivity index (χ1v) is 4.85. The van der Waals surface area contributed by atoms with Gasteiger partial charge in [-0.1, -0.05) is 6.07 Å². The van der Waals surface area contributed by atoms with E-state index in [-0.39, 0.29) is 0 Å². The Hall–Kier alpha value is -1.21. The summed E-state index contributed by atoms with van der Waals surface area (Å²) in [5.74, 6) is 0.821. The molecule has 0 saturated heterocycles. The maximum atomic E-state index is 8.38. The lowest BCUT2D eigenvalue weighted by Crippen LogP contribution is -2.17. The molecule has 3 nitrogen and oxygen atoms in total. The second kappa shape index (κ2) is 4.62. The van der Waals surface area contributed by atoms with Gasteiger partial charge in [0.2, 0.25) is 6.19 Å². The molecule has 0 aliphatic carbocycles. The molecule has 1 aromatic heterocycles. The van der Waals surface area contributed by atoms with Gasteiger partial charge in [0.05, 0.1) is 5.88 Å². The minimum Gasteiger partial charge on any atom is -0.323 e. The van der Waals surface area contributed by atoms with Crippen molar-refractivity contribution in [2.45, 2.75) is 5.88 Å². The SMILES string of the molecule is CSCn1ccccc1=NC#N. The Labute approximate surface area is 75.4 Å². The molecule has 0 fully saturated rings. The van der Waals surface area contributed by atoms with E-state index in [1.54, 1.807) is 18.0 Å². The van der Waals surface area contributed by atoms with Crippen LogP contribution in [0.1, 0.15) is 0 Å². The Morgan fingerprint density at radius 1 is 1.67 bits per heavy atom. The van der Waals surface area contributed by atoms with E-state index >= 15 is 0 Å². The van der Waals surface area contributed by atoms with Crippen molar-refractivity contribution in [2.75, 3.05) is 6.26 Å². The summed E-state index contributed by atoms with van der Waals surface area (Å²) in [5, 5.41) is 8.38. The third-order valence-electron chi connectivity index (χ3n) is 1.35. The first kappa shape index (κ1) is 8.88. The molecule has 1 aromatic rings. The van der Waals surface area contributed by atoms with Gasteiger partial charge in [-0.2, -0.15) is 10.3 Å². The Balaban J connectivity index is 3.11. The summed E-state index contributed by atoms with van der Waals surface area (Å²) in [6, 6.07) is 5.61. The highest BCUT2D eigenvalue weighted by atomic mass is 32.2. The quantitative estimate of drug-likeness (QED) is 0.640. The molecule has 0 aliphatic heterocycles. The molecule has 0 aliphatic rings. The predicted molar refractivity (Wildman–Crippen MR) is 49.1 cm³/mol. The zero-order valence-electron chi connectivity index (χ0n) is 6.77. The van der Waals surface area contributed by atoms with E-state index in [1.807, 2.05) is 35.2 Å². The lowest BCUT2D eigenvalue weighted by atomic mass is 10.5. The number of aromatic nitrogens is 1. The molecule has 1 rings (SSSR count). The van der Waals surface area contributed by atoms with Gasteiger partial charge in [-0.3, -0.25) is 0 Å². The molecular weight excluding hydrogens is 170 g/mol. The maximum Gasteiger partial charge on any atom is 0.207 e. The van der Waals surface area contributed by atoms with Crippen LogP contribution >= 0.6 is 11.8 Å². The monoisotopic (exact) mass is 179 g/mol. The van der Waals surface area contributed by atoms with Gasteiger partial charge in [-0.15, -0.1) is 11.8 Å². The van der Waals surface area contributed by atoms with Crippen LogP contribution in [0.3, 0.4) is 0 Å². The molecule has 0 atom stereocenters. The van der Waals surface area contributed by atoms with Crippen molar-refractivity contribution in [1.82, 2.24) is 4.57 Å². The molecule has 0 bridgehead atoms. The molecular formula is C8H9N3S. The van der Waals surface area contributed by atoms with Crippen LogP contribution in [0.25, 0.3) is 0 Å². The highest BCUT2D eigenvalue weighted by Crippen LogP contribution is 1.94. The van der Waals surface area contributed by atoms with E-state index in [2.05, 4.69) is 4.99 Å². The fourth-order valence-electron chi connectivity index (χ4n) is 0.868. The summed E-state index contributed by atoms with van der Waals surface area (Å²) in [6.45, 7) is 0. The van der Waals surface area contributed by atoms with Crippen molar-refractivity contribution in [3.63, 3.8) is 0 Å². The van der Waals surface area contributed by atoms with Crippen LogP contribution in [-0.4, -0.2) is 10.8 Å². The lowest BCUT2D eigenvalue weighted by molar-refractivity contribution is 0.818. The average Bonchev–Trinajstić information content (AvgIpc) is 2.09. The van der Waals surface area contributed by atoms with Gasteiger partial charge in [0.25, 0.3) is 0 Å². The number of nitrogens with zero attached hydrogens (tertiary/aromatic N) is 3. The highest BCUT2D eigenvalue weighted by Gasteiger charge is 1.88. The summed E-state index contributed by atoms with van der Waals surface area (Å²) in [4.78, 5) is 3.68. The van der Waals surface area contributed by atoms with Crippen molar-refractivity contribution in [1.29, 1.82) is 5.26 Å². The molecule has 4 heteroatoms. The maximum absolute atomic E-state index is 8.38. The van der Waals surface area contributed by atoms with E-state index in [0.29, 0.717) is 5.49 Å². The van der Waals surface area contributed by atoms with E-state index in [4.69, 9.17) is 5.26 Å². The molecule has 1 heterocycles. The number of rotatable bonds is 2. The highest BCUT2D eigenvalue weighted by molar-refractivity contribution is 7.97. The van der Waals surface area contributed by atoms with E-state index < -0.39 is 0 Å². The Bertz CT molecular complexity index is 348. The van der Waals surface area contributed by atoms with Gasteiger partial charge in [0, 0.05) is 6.20 Å². The van der Waals surface area contributed by atoms with Crippen LogP contribution < -0.4 is 5.49 Å². The zero-order valence-corrected chi connectivity index (χ0v) is 7.58. The van der Waals surface area contributed by atoms with Crippen LogP contribution in [0.5, 0.6) is 0 Å². The first-order valence-electron chi connectivity index (χ1n) is 3.45. The summed E-state index contributed by atoms with van der Waals surface area (Å²) < 4.78 is 1.92. The number of hydrogen-bond acceptors (Lipinski definition) is 3. The predicted octanol–water partition coefficient (Wildman–Crippen LogP) is 1.19. The normalized spacial score (nSPS) is 11.2. The second-order valence-corrected chi connectivity index (χ2v) is 2.99. The van der Waals surface area contributed by atoms with Crippen LogP contribution in [0.15, 0.2) is 29.4 Å². The first-order chi connectivity index (χ1) is 5.88. The smallest absolute Gasteiger partial charge is 0.207 e. The second-order valence-electron chi connectivity index (χ2n) is 2.16. The molecule has 0 N–H and O–H groups in total. The number of nitriles is 1. The van der Waals surface area contributed by atoms with Crippen molar-refractivity contribution in [3.05, 3.63) is 29.9 Å². The molecule has 62 valence electrons. The summed E-state index contributed by atoms with van der Waals surface area (Å²) in [5.41, 5.74) is 0.703. The molecule has 0 spiro atoms. The van der Waals surface area contributed by atoms with E-state index in [0.717, 1.165) is 5.88 Å². The third-order valence-corrected chi connectivity index (χ3v) is 1.89. The third kappa shape index (κ3) is 2.14. The van der Waals surface area contributed by atoms with Crippen LogP contribution in [-0.2, 0) is 5.88 Å². The molecule has 0 amide bonds. The summed E-state index contributed by atoms with van der Waals surface area (Å²) in [6.07, 6.45) is 5.70. The van der Waals surface area contributed by atoms with E-state index in [1.165, 1.54) is 0 Å². The van der Waals surface area contributed by atoms with Gasteiger partial charge in [0.1, 0.15) is 5.49 Å². The van der Waals surface area contributed by atoms with Crippen molar-refractivity contribution < 1.29 is 0 Å².